The Balaban J connectivity index is 1.20. The fraction of sp³-hybridized carbons (Fsp3) is 0.500. The summed E-state index contributed by atoms with van der Waals surface area (Å²) in [5, 5.41) is 0.0663. The van der Waals surface area contributed by atoms with Crippen LogP contribution in [0.5, 0.6) is 5.75 Å². The average molecular weight is 531 g/mol. The number of ether oxygens (including phenoxy) is 1. The van der Waals surface area contributed by atoms with Gasteiger partial charge in [-0.1, -0.05) is 44.7 Å². The summed E-state index contributed by atoms with van der Waals surface area (Å²) in [5.41, 5.74) is 1.13. The summed E-state index contributed by atoms with van der Waals surface area (Å²) < 4.78 is 76.3. The van der Waals surface area contributed by atoms with Gasteiger partial charge in [0.05, 0.1) is 0 Å². The first-order valence-electron chi connectivity index (χ1n) is 14.0. The molecule has 0 radical (unpaired) electrons. The van der Waals surface area contributed by atoms with Crippen molar-refractivity contribution in [2.24, 2.45) is 17.8 Å². The van der Waals surface area contributed by atoms with Crippen LogP contribution in [0.25, 0.3) is 10.8 Å². The van der Waals surface area contributed by atoms with Gasteiger partial charge in [0.2, 0.25) is 0 Å². The summed E-state index contributed by atoms with van der Waals surface area (Å²) in [7, 11) is 0. The summed E-state index contributed by atoms with van der Waals surface area (Å²) in [5.74, 6) is -3.50. The molecule has 0 amide bonds. The van der Waals surface area contributed by atoms with Gasteiger partial charge in [-0.3, -0.25) is 0 Å². The van der Waals surface area contributed by atoms with E-state index in [-0.39, 0.29) is 23.3 Å². The molecule has 1 nitrogen and oxygen atoms in total. The van der Waals surface area contributed by atoms with Crippen LogP contribution in [-0.4, -0.2) is 0 Å². The van der Waals surface area contributed by atoms with Crippen LogP contribution in [0, 0.1) is 46.8 Å². The van der Waals surface area contributed by atoms with Crippen molar-refractivity contribution < 1.29 is 26.7 Å². The van der Waals surface area contributed by atoms with Crippen LogP contribution in [0.15, 0.2) is 36.4 Å². The van der Waals surface area contributed by atoms with Crippen molar-refractivity contribution >= 4 is 10.8 Å². The van der Waals surface area contributed by atoms with Crippen LogP contribution in [0.2, 0.25) is 0 Å². The topological polar surface area (TPSA) is 9.23 Å². The zero-order chi connectivity index (χ0) is 26.8. The molecule has 3 aromatic rings. The lowest BCUT2D eigenvalue weighted by Crippen LogP contribution is -2.25. The minimum atomic E-state index is -1.53. The van der Waals surface area contributed by atoms with Gasteiger partial charge in [0, 0.05) is 5.39 Å². The number of fused-ring (bicyclic) bond motifs is 1. The minimum Gasteiger partial charge on any atom is -0.483 e. The molecule has 5 rings (SSSR count). The third-order valence-corrected chi connectivity index (χ3v) is 8.94. The first-order chi connectivity index (χ1) is 18.3. The van der Waals surface area contributed by atoms with Crippen molar-refractivity contribution in [1.29, 1.82) is 0 Å². The molecule has 204 valence electrons. The number of hydrogen-bond donors (Lipinski definition) is 0. The lowest BCUT2D eigenvalue weighted by atomic mass is 9.68. The van der Waals surface area contributed by atoms with Crippen molar-refractivity contribution in [2.45, 2.75) is 83.7 Å². The van der Waals surface area contributed by atoms with Gasteiger partial charge in [0.1, 0.15) is 6.61 Å². The largest absolute Gasteiger partial charge is 0.483 e. The van der Waals surface area contributed by atoms with E-state index in [2.05, 4.69) is 6.92 Å². The van der Waals surface area contributed by atoms with E-state index in [1.807, 2.05) is 0 Å². The maximum Gasteiger partial charge on any atom is 0.195 e. The Kier molecular flexibility index (Phi) is 8.25. The first kappa shape index (κ1) is 27.0. The van der Waals surface area contributed by atoms with E-state index in [4.69, 9.17) is 4.74 Å². The Morgan fingerprint density at radius 1 is 0.711 bits per heavy atom. The highest BCUT2D eigenvalue weighted by molar-refractivity contribution is 5.84. The Morgan fingerprint density at radius 3 is 1.97 bits per heavy atom. The Labute approximate surface area is 221 Å². The molecule has 0 spiro atoms. The standard InChI is InChI=1S/C32H35F5O/c1-2-3-19-4-7-21(8-5-19)22-9-11-23(12-10-22)24-15-28(34)32(29(35)16-24)38-18-20-6-13-26-25(14-20)17-27(33)31(37)30(26)36/h6,13-17,19,21-23H,2-5,7-12,18H2,1H3. The van der Waals surface area contributed by atoms with Crippen molar-refractivity contribution in [1.82, 2.24) is 0 Å². The third kappa shape index (κ3) is 5.69. The van der Waals surface area contributed by atoms with Gasteiger partial charge in [0.15, 0.2) is 34.8 Å². The molecule has 2 aliphatic carbocycles. The van der Waals surface area contributed by atoms with E-state index >= 15 is 0 Å². The average Bonchev–Trinajstić information content (AvgIpc) is 2.92. The zero-order valence-electron chi connectivity index (χ0n) is 21.8. The molecule has 0 unspecified atom stereocenters. The quantitative estimate of drug-likeness (QED) is 0.218. The zero-order valence-corrected chi connectivity index (χ0v) is 21.8. The van der Waals surface area contributed by atoms with Gasteiger partial charge >= 0.3 is 0 Å². The van der Waals surface area contributed by atoms with Crippen molar-refractivity contribution in [3.8, 4) is 5.75 Å². The molecule has 0 aliphatic heterocycles. The summed E-state index contributed by atoms with van der Waals surface area (Å²) in [6.07, 6.45) is 12.1. The van der Waals surface area contributed by atoms with E-state index in [9.17, 15) is 22.0 Å². The number of halogens is 5. The molecule has 0 bridgehead atoms. The van der Waals surface area contributed by atoms with Crippen LogP contribution in [-0.2, 0) is 6.61 Å². The highest BCUT2D eigenvalue weighted by Crippen LogP contribution is 2.45. The molecular weight excluding hydrogens is 495 g/mol. The molecule has 3 aromatic carbocycles. The summed E-state index contributed by atoms with van der Waals surface area (Å²) in [4.78, 5) is 0. The highest BCUT2D eigenvalue weighted by Gasteiger charge is 2.31. The Morgan fingerprint density at radius 2 is 1.34 bits per heavy atom. The SMILES string of the molecule is CCCC1CCC(C2CCC(c3cc(F)c(OCc4ccc5c(F)c(F)c(F)cc5c4)c(F)c3)CC2)CC1. The molecule has 0 saturated heterocycles. The molecule has 6 heteroatoms. The number of hydrogen-bond acceptors (Lipinski definition) is 1. The van der Waals surface area contributed by atoms with Gasteiger partial charge in [0.25, 0.3) is 0 Å². The normalized spacial score (nSPS) is 24.1. The van der Waals surface area contributed by atoms with E-state index in [0.717, 1.165) is 49.5 Å². The van der Waals surface area contributed by atoms with Crippen LogP contribution in [0.4, 0.5) is 22.0 Å². The van der Waals surface area contributed by atoms with Crippen molar-refractivity contribution in [2.75, 3.05) is 0 Å². The van der Waals surface area contributed by atoms with Gasteiger partial charge in [-0.15, -0.1) is 0 Å². The van der Waals surface area contributed by atoms with E-state index in [1.54, 1.807) is 0 Å². The van der Waals surface area contributed by atoms with Crippen LogP contribution >= 0.6 is 0 Å². The summed E-state index contributed by atoms with van der Waals surface area (Å²) >= 11 is 0. The second-order valence-corrected chi connectivity index (χ2v) is 11.3. The second kappa shape index (κ2) is 11.6. The van der Waals surface area contributed by atoms with E-state index in [1.165, 1.54) is 68.9 Å². The smallest absolute Gasteiger partial charge is 0.195 e. The molecule has 0 atom stereocenters. The lowest BCUT2D eigenvalue weighted by Gasteiger charge is -2.38. The van der Waals surface area contributed by atoms with Crippen LogP contribution < -0.4 is 4.74 Å². The molecular formula is C32H35F5O. The predicted molar refractivity (Wildman–Crippen MR) is 140 cm³/mol. The maximum absolute atomic E-state index is 14.9. The molecule has 2 fully saturated rings. The van der Waals surface area contributed by atoms with E-state index in [0.29, 0.717) is 11.1 Å². The van der Waals surface area contributed by atoms with Crippen LogP contribution in [0.1, 0.15) is 88.2 Å². The van der Waals surface area contributed by atoms with Crippen LogP contribution in [0.3, 0.4) is 0 Å². The second-order valence-electron chi connectivity index (χ2n) is 11.3. The summed E-state index contributed by atoms with van der Waals surface area (Å²) in [6.45, 7) is 2.06. The molecule has 0 aromatic heterocycles. The minimum absolute atomic E-state index is 0.0757. The van der Waals surface area contributed by atoms with E-state index < -0.39 is 34.8 Å². The van der Waals surface area contributed by atoms with Gasteiger partial charge in [-0.05, 0) is 103 Å². The molecule has 0 N–H and O–H groups in total. The molecule has 38 heavy (non-hydrogen) atoms. The van der Waals surface area contributed by atoms with Crippen molar-refractivity contribution in [3.05, 3.63) is 76.6 Å². The Bertz CT molecular complexity index is 1250. The van der Waals surface area contributed by atoms with Crippen molar-refractivity contribution in [3.63, 3.8) is 0 Å². The monoisotopic (exact) mass is 530 g/mol. The number of benzene rings is 3. The van der Waals surface area contributed by atoms with Gasteiger partial charge in [-0.25, -0.2) is 22.0 Å². The number of rotatable bonds is 7. The highest BCUT2D eigenvalue weighted by atomic mass is 19.2. The fourth-order valence-corrected chi connectivity index (χ4v) is 6.83. The van der Waals surface area contributed by atoms with Gasteiger partial charge < -0.3 is 4.74 Å². The maximum atomic E-state index is 14.9. The summed E-state index contributed by atoms with van der Waals surface area (Å²) in [6, 6.07) is 7.83. The first-order valence-corrected chi connectivity index (χ1v) is 14.0. The predicted octanol–water partition coefficient (Wildman–Crippen LogP) is 9.99. The molecule has 0 heterocycles. The fourth-order valence-electron chi connectivity index (χ4n) is 6.83. The lowest BCUT2D eigenvalue weighted by molar-refractivity contribution is 0.156. The molecule has 2 aliphatic rings. The Hall–Kier alpha value is -2.63. The third-order valence-electron chi connectivity index (χ3n) is 8.94. The molecule has 2 saturated carbocycles. The van der Waals surface area contributed by atoms with Gasteiger partial charge in [-0.2, -0.15) is 0 Å².